The Morgan fingerprint density at radius 3 is 2.84 bits per heavy atom. The Bertz CT molecular complexity index is 1110. The number of thiophene rings is 1. The van der Waals surface area contributed by atoms with Crippen LogP contribution in [0.15, 0.2) is 40.9 Å². The molecule has 0 aliphatic heterocycles. The highest BCUT2D eigenvalue weighted by Crippen LogP contribution is 2.53. The Kier molecular flexibility index (Phi) is 6.12. The Morgan fingerprint density at radius 2 is 2.12 bits per heavy atom. The van der Waals surface area contributed by atoms with Gasteiger partial charge in [0.05, 0.1) is 10.6 Å². The maximum Gasteiger partial charge on any atom is 0.234 e. The molecule has 1 amide bonds. The van der Waals surface area contributed by atoms with Crippen LogP contribution in [0.1, 0.15) is 49.8 Å². The van der Waals surface area contributed by atoms with Crippen LogP contribution in [-0.2, 0) is 4.79 Å². The summed E-state index contributed by atoms with van der Waals surface area (Å²) in [4.78, 5) is 13.9. The van der Waals surface area contributed by atoms with Crippen LogP contribution >= 0.6 is 23.1 Å². The minimum atomic E-state index is -0.0106. The van der Waals surface area contributed by atoms with Gasteiger partial charge in [-0.1, -0.05) is 36.4 Å². The third-order valence-corrected chi connectivity index (χ3v) is 9.03. The van der Waals surface area contributed by atoms with Gasteiger partial charge in [0.2, 0.25) is 5.91 Å². The summed E-state index contributed by atoms with van der Waals surface area (Å²) in [5.74, 6) is 3.63. The van der Waals surface area contributed by atoms with Gasteiger partial charge in [0.15, 0.2) is 11.0 Å². The first-order valence-electron chi connectivity index (χ1n) is 11.5. The number of thioether (sulfide) groups is 1. The van der Waals surface area contributed by atoms with Crippen molar-refractivity contribution in [1.82, 2.24) is 14.8 Å². The molecule has 2 aliphatic carbocycles. The summed E-state index contributed by atoms with van der Waals surface area (Å²) in [6, 6.07) is 10.6. The van der Waals surface area contributed by atoms with Crippen molar-refractivity contribution in [1.29, 1.82) is 0 Å². The van der Waals surface area contributed by atoms with Crippen LogP contribution in [0.3, 0.4) is 0 Å². The minimum absolute atomic E-state index is 0.0106. The van der Waals surface area contributed by atoms with Crippen LogP contribution in [0.25, 0.3) is 10.7 Å². The van der Waals surface area contributed by atoms with Crippen molar-refractivity contribution < 1.29 is 4.79 Å². The molecule has 4 atom stereocenters. The number of fused-ring (bicyclic) bond motifs is 2. The van der Waals surface area contributed by atoms with Gasteiger partial charge in [-0.3, -0.25) is 9.36 Å². The molecule has 5 rings (SSSR count). The molecule has 2 aromatic heterocycles. The van der Waals surface area contributed by atoms with E-state index < -0.39 is 0 Å². The maximum atomic E-state index is 12.7. The van der Waals surface area contributed by atoms with E-state index in [0.29, 0.717) is 17.7 Å². The van der Waals surface area contributed by atoms with Gasteiger partial charge >= 0.3 is 0 Å². The van der Waals surface area contributed by atoms with E-state index in [1.807, 2.05) is 26.0 Å². The zero-order valence-electron chi connectivity index (χ0n) is 18.9. The highest BCUT2D eigenvalue weighted by molar-refractivity contribution is 7.99. The highest BCUT2D eigenvalue weighted by Gasteiger charge is 2.43. The van der Waals surface area contributed by atoms with Crippen LogP contribution in [0.4, 0.5) is 5.69 Å². The summed E-state index contributed by atoms with van der Waals surface area (Å²) in [7, 11) is 0. The Morgan fingerprint density at radius 1 is 1.25 bits per heavy atom. The molecule has 168 valence electrons. The van der Waals surface area contributed by atoms with Gasteiger partial charge in [0, 0.05) is 11.7 Å². The number of carbonyl (C=O) groups excluding carboxylic acids is 1. The van der Waals surface area contributed by atoms with Gasteiger partial charge in [-0.05, 0) is 86.4 Å². The van der Waals surface area contributed by atoms with Crippen molar-refractivity contribution in [2.45, 2.75) is 57.7 Å². The number of nitrogens with one attached hydrogen (secondary N) is 1. The monoisotopic (exact) mass is 466 g/mol. The molecule has 5 nitrogen and oxygen atoms in total. The van der Waals surface area contributed by atoms with Crippen molar-refractivity contribution in [3.05, 3.63) is 46.8 Å². The van der Waals surface area contributed by atoms with E-state index in [1.54, 1.807) is 11.3 Å². The lowest BCUT2D eigenvalue weighted by Gasteiger charge is -2.30. The van der Waals surface area contributed by atoms with E-state index in [2.05, 4.69) is 50.6 Å². The molecule has 0 spiro atoms. The largest absolute Gasteiger partial charge is 0.325 e. The fourth-order valence-corrected chi connectivity index (χ4v) is 7.11. The molecule has 0 unspecified atom stereocenters. The molecule has 2 bridgehead atoms. The molecule has 1 N–H and O–H groups in total. The fourth-order valence-electron chi connectivity index (χ4n) is 5.58. The number of benzene rings is 1. The fraction of sp³-hybridized carbons (Fsp3) is 0.480. The molecule has 2 saturated carbocycles. The molecule has 7 heteroatoms. The van der Waals surface area contributed by atoms with Gasteiger partial charge in [-0.25, -0.2) is 0 Å². The Labute approximate surface area is 198 Å². The summed E-state index contributed by atoms with van der Waals surface area (Å²) < 4.78 is 2.31. The number of hydrogen-bond donors (Lipinski definition) is 1. The second-order valence-corrected chi connectivity index (χ2v) is 11.3. The molecule has 0 saturated heterocycles. The average molecular weight is 467 g/mol. The smallest absolute Gasteiger partial charge is 0.234 e. The summed E-state index contributed by atoms with van der Waals surface area (Å²) in [5.41, 5.74) is 3.09. The normalized spacial score (nSPS) is 22.9. The van der Waals surface area contributed by atoms with Crippen molar-refractivity contribution in [3.63, 3.8) is 0 Å². The molecule has 3 aromatic rings. The van der Waals surface area contributed by atoms with Gasteiger partial charge < -0.3 is 5.32 Å². The number of aryl methyl sites for hydroxylation is 2. The van der Waals surface area contributed by atoms with Gasteiger partial charge in [0.1, 0.15) is 0 Å². The van der Waals surface area contributed by atoms with Crippen LogP contribution in [0, 0.1) is 31.6 Å². The van der Waals surface area contributed by atoms with Crippen LogP contribution in [0.5, 0.6) is 0 Å². The van der Waals surface area contributed by atoms with Crippen molar-refractivity contribution in [2.75, 3.05) is 11.1 Å². The lowest BCUT2D eigenvalue weighted by molar-refractivity contribution is -0.113. The van der Waals surface area contributed by atoms with E-state index in [1.165, 1.54) is 37.4 Å². The number of anilines is 1. The average Bonchev–Trinajstić information content (AvgIpc) is 3.57. The first-order valence-corrected chi connectivity index (χ1v) is 13.3. The van der Waals surface area contributed by atoms with E-state index in [-0.39, 0.29) is 5.91 Å². The van der Waals surface area contributed by atoms with E-state index in [0.717, 1.165) is 44.5 Å². The van der Waals surface area contributed by atoms with Crippen LogP contribution in [0.2, 0.25) is 0 Å². The number of nitrogens with zero attached hydrogens (tertiary/aromatic N) is 3. The molecule has 2 aliphatic rings. The Hall–Kier alpha value is -2.12. The zero-order chi connectivity index (χ0) is 22.2. The SMILES string of the molecule is Cc1ccc(C)c(NC(=O)CSc2nnc(-c3cccs3)n2[C@@H](C)[C@@H]2C[C@H]3CC[C@H]2C3)c1. The molecule has 2 fully saturated rings. The predicted molar refractivity (Wildman–Crippen MR) is 132 cm³/mol. The third kappa shape index (κ3) is 4.25. The van der Waals surface area contributed by atoms with Crippen LogP contribution < -0.4 is 5.32 Å². The second kappa shape index (κ2) is 9.02. The summed E-state index contributed by atoms with van der Waals surface area (Å²) in [6.07, 6.45) is 5.45. The van der Waals surface area contributed by atoms with Crippen molar-refractivity contribution >= 4 is 34.7 Å². The topological polar surface area (TPSA) is 59.8 Å². The third-order valence-electron chi connectivity index (χ3n) is 7.23. The van der Waals surface area contributed by atoms with Gasteiger partial charge in [-0.15, -0.1) is 21.5 Å². The molecule has 2 heterocycles. The van der Waals surface area contributed by atoms with E-state index in [9.17, 15) is 4.79 Å². The summed E-state index contributed by atoms with van der Waals surface area (Å²) in [5, 5.41) is 15.1. The second-order valence-electron chi connectivity index (χ2n) is 9.39. The van der Waals surface area contributed by atoms with Crippen LogP contribution in [-0.4, -0.2) is 26.4 Å². The zero-order valence-corrected chi connectivity index (χ0v) is 20.5. The molecular weight excluding hydrogens is 436 g/mol. The highest BCUT2D eigenvalue weighted by atomic mass is 32.2. The van der Waals surface area contributed by atoms with Crippen molar-refractivity contribution in [2.24, 2.45) is 17.8 Å². The Balaban J connectivity index is 1.35. The van der Waals surface area contributed by atoms with Gasteiger partial charge in [-0.2, -0.15) is 0 Å². The lowest BCUT2D eigenvalue weighted by atomic mass is 9.84. The molecule has 1 aromatic carbocycles. The number of hydrogen-bond acceptors (Lipinski definition) is 5. The number of amides is 1. The first kappa shape index (κ1) is 21.7. The quantitative estimate of drug-likeness (QED) is 0.412. The number of carbonyl (C=O) groups is 1. The molecule has 0 radical (unpaired) electrons. The first-order chi connectivity index (χ1) is 15.5. The van der Waals surface area contributed by atoms with Crippen molar-refractivity contribution in [3.8, 4) is 10.7 Å². The minimum Gasteiger partial charge on any atom is -0.325 e. The molecule has 32 heavy (non-hydrogen) atoms. The summed E-state index contributed by atoms with van der Waals surface area (Å²) >= 11 is 3.19. The molecular formula is C25H30N4OS2. The summed E-state index contributed by atoms with van der Waals surface area (Å²) in [6.45, 7) is 6.38. The standard InChI is InChI=1S/C25H30N4OS2/c1-15-6-7-16(2)21(11-15)26-23(30)14-32-25-28-27-24(22-5-4-10-31-22)29(25)17(3)20-13-18-8-9-19(20)12-18/h4-7,10-11,17-20H,8-9,12-14H2,1-3H3,(H,26,30)/t17-,18-,19-,20-/m0/s1. The number of aromatic nitrogens is 3. The lowest BCUT2D eigenvalue weighted by Crippen LogP contribution is -2.23. The number of rotatable bonds is 7. The predicted octanol–water partition coefficient (Wildman–Crippen LogP) is 6.35. The maximum absolute atomic E-state index is 12.7. The van der Waals surface area contributed by atoms with Gasteiger partial charge in [0.25, 0.3) is 0 Å². The van der Waals surface area contributed by atoms with E-state index >= 15 is 0 Å². The van der Waals surface area contributed by atoms with E-state index in [4.69, 9.17) is 0 Å².